The van der Waals surface area contributed by atoms with E-state index in [4.69, 9.17) is 11.6 Å². The van der Waals surface area contributed by atoms with Gasteiger partial charge >= 0.3 is 0 Å². The number of nitrogens with one attached hydrogen (secondary N) is 1. The summed E-state index contributed by atoms with van der Waals surface area (Å²) < 4.78 is 27.6. The first-order chi connectivity index (χ1) is 7.99. The van der Waals surface area contributed by atoms with Crippen LogP contribution in [-0.2, 0) is 17.1 Å². The predicted molar refractivity (Wildman–Crippen MR) is 71.1 cm³/mol. The van der Waals surface area contributed by atoms with Gasteiger partial charge in [-0.15, -0.1) is 0 Å². The molecule has 1 rings (SSSR count). The van der Waals surface area contributed by atoms with E-state index in [1.165, 1.54) is 10.9 Å². The maximum absolute atomic E-state index is 11.9. The van der Waals surface area contributed by atoms with Crippen LogP contribution in [0.2, 0.25) is 5.02 Å². The number of aryl methyl sites for hydroxylation is 1. The molecule has 0 saturated carbocycles. The van der Waals surface area contributed by atoms with Crippen LogP contribution in [0.4, 0.5) is 0 Å². The summed E-state index contributed by atoms with van der Waals surface area (Å²) in [7, 11) is -2.01. The van der Waals surface area contributed by atoms with E-state index in [1.807, 2.05) is 0 Å². The first-order valence-corrected chi connectivity index (χ1v) is 8.20. The van der Waals surface area contributed by atoms with E-state index in [0.29, 0.717) is 6.54 Å². The molecule has 1 N–H and O–H groups in total. The summed E-state index contributed by atoms with van der Waals surface area (Å²) in [5.41, 5.74) is 0. The zero-order valence-electron chi connectivity index (χ0n) is 9.49. The molecule has 1 heterocycles. The summed E-state index contributed by atoms with van der Waals surface area (Å²) in [4.78, 5) is 0. The smallest absolute Gasteiger partial charge is 0.255 e. The minimum atomic E-state index is -3.56. The molecule has 1 aromatic heterocycles. The normalized spacial score (nSPS) is 11.9. The van der Waals surface area contributed by atoms with Crippen LogP contribution < -0.4 is 4.72 Å². The largest absolute Gasteiger partial charge is 0.259 e. The molecule has 0 unspecified atom stereocenters. The van der Waals surface area contributed by atoms with Crippen LogP contribution in [-0.4, -0.2) is 30.1 Å². The number of aromatic nitrogens is 2. The molecule has 0 fully saturated rings. The number of hydrogen-bond donors (Lipinski definition) is 1. The highest BCUT2D eigenvalue weighted by Gasteiger charge is 2.21. The monoisotopic (exact) mass is 343 g/mol. The molecule has 0 aliphatic heterocycles. The predicted octanol–water partition coefficient (Wildman–Crippen LogP) is 1.92. The van der Waals surface area contributed by atoms with Gasteiger partial charge in [0.2, 0.25) is 0 Å². The second-order valence-electron chi connectivity index (χ2n) is 3.57. The van der Waals surface area contributed by atoms with Gasteiger partial charge in [-0.25, -0.2) is 13.1 Å². The molecular formula is C9H15BrClN3O2S. The van der Waals surface area contributed by atoms with Gasteiger partial charge in [-0.2, -0.15) is 5.10 Å². The zero-order valence-corrected chi connectivity index (χ0v) is 12.6. The van der Waals surface area contributed by atoms with Crippen LogP contribution in [0, 0.1) is 0 Å². The Kier molecular flexibility index (Phi) is 5.91. The standard InChI is InChI=1S/C9H15BrClN3O2S/c1-14-9(8(11)7-12-14)17(15,16)13-6-4-2-3-5-10/h7,13H,2-6H2,1H3. The van der Waals surface area contributed by atoms with Gasteiger partial charge in [0.25, 0.3) is 10.0 Å². The number of unbranched alkanes of at least 4 members (excludes halogenated alkanes) is 2. The van der Waals surface area contributed by atoms with E-state index in [1.54, 1.807) is 7.05 Å². The first kappa shape index (κ1) is 14.9. The Morgan fingerprint density at radius 2 is 2.18 bits per heavy atom. The average molecular weight is 345 g/mol. The average Bonchev–Trinajstić information content (AvgIpc) is 2.58. The van der Waals surface area contributed by atoms with Crippen LogP contribution in [0.1, 0.15) is 19.3 Å². The van der Waals surface area contributed by atoms with Gasteiger partial charge in [0.05, 0.1) is 11.2 Å². The van der Waals surface area contributed by atoms with Crippen molar-refractivity contribution in [2.75, 3.05) is 11.9 Å². The molecule has 5 nitrogen and oxygen atoms in total. The highest BCUT2D eigenvalue weighted by atomic mass is 79.9. The van der Waals surface area contributed by atoms with Crippen molar-refractivity contribution in [3.05, 3.63) is 11.2 Å². The number of halogens is 2. The van der Waals surface area contributed by atoms with Gasteiger partial charge in [-0.1, -0.05) is 34.0 Å². The second-order valence-corrected chi connectivity index (χ2v) is 6.45. The van der Waals surface area contributed by atoms with Crippen LogP contribution in [0.5, 0.6) is 0 Å². The summed E-state index contributed by atoms with van der Waals surface area (Å²) in [5.74, 6) is 0. The summed E-state index contributed by atoms with van der Waals surface area (Å²) in [6, 6.07) is 0. The summed E-state index contributed by atoms with van der Waals surface area (Å²) in [6.07, 6.45) is 4.14. The molecular weight excluding hydrogens is 330 g/mol. The van der Waals surface area contributed by atoms with Crippen molar-refractivity contribution in [2.24, 2.45) is 7.05 Å². The van der Waals surface area contributed by atoms with Crippen LogP contribution in [0.25, 0.3) is 0 Å². The van der Waals surface area contributed by atoms with E-state index in [2.05, 4.69) is 25.8 Å². The molecule has 17 heavy (non-hydrogen) atoms. The summed E-state index contributed by atoms with van der Waals surface area (Å²) >= 11 is 9.11. The summed E-state index contributed by atoms with van der Waals surface area (Å²) in [5, 5.41) is 4.89. The van der Waals surface area contributed by atoms with Gasteiger partial charge in [0.15, 0.2) is 5.03 Å². The molecule has 0 aliphatic rings. The molecule has 98 valence electrons. The van der Waals surface area contributed by atoms with Crippen molar-refractivity contribution in [1.29, 1.82) is 0 Å². The molecule has 0 atom stereocenters. The molecule has 0 aliphatic carbocycles. The molecule has 0 amide bonds. The van der Waals surface area contributed by atoms with E-state index in [-0.39, 0.29) is 10.0 Å². The fourth-order valence-electron chi connectivity index (χ4n) is 1.37. The van der Waals surface area contributed by atoms with E-state index >= 15 is 0 Å². The number of nitrogens with zero attached hydrogens (tertiary/aromatic N) is 2. The highest BCUT2D eigenvalue weighted by Crippen LogP contribution is 2.19. The van der Waals surface area contributed by atoms with Gasteiger partial charge in [0.1, 0.15) is 0 Å². The lowest BCUT2D eigenvalue weighted by atomic mass is 10.3. The Bertz CT molecular complexity index is 441. The van der Waals surface area contributed by atoms with Crippen LogP contribution in [0.3, 0.4) is 0 Å². The Morgan fingerprint density at radius 3 is 2.71 bits per heavy atom. The fraction of sp³-hybridized carbons (Fsp3) is 0.667. The molecule has 8 heteroatoms. The van der Waals surface area contributed by atoms with E-state index < -0.39 is 10.0 Å². The maximum atomic E-state index is 11.9. The lowest BCUT2D eigenvalue weighted by molar-refractivity contribution is 0.559. The number of hydrogen-bond acceptors (Lipinski definition) is 3. The second kappa shape index (κ2) is 6.72. The highest BCUT2D eigenvalue weighted by molar-refractivity contribution is 9.09. The molecule has 0 aromatic carbocycles. The van der Waals surface area contributed by atoms with Gasteiger partial charge in [0, 0.05) is 18.9 Å². The SMILES string of the molecule is Cn1ncc(Cl)c1S(=O)(=O)NCCCCCBr. The lowest BCUT2D eigenvalue weighted by Crippen LogP contribution is -2.27. The lowest BCUT2D eigenvalue weighted by Gasteiger charge is -2.07. The third-order valence-corrected chi connectivity index (χ3v) is 4.73. The Balaban J connectivity index is 2.58. The third-order valence-electron chi connectivity index (χ3n) is 2.20. The Morgan fingerprint density at radius 1 is 1.47 bits per heavy atom. The summed E-state index contributed by atoms with van der Waals surface area (Å²) in [6.45, 7) is 0.414. The van der Waals surface area contributed by atoms with Gasteiger partial charge in [-0.3, -0.25) is 4.68 Å². The van der Waals surface area contributed by atoms with Crippen LogP contribution >= 0.6 is 27.5 Å². The van der Waals surface area contributed by atoms with Gasteiger partial charge in [-0.05, 0) is 12.8 Å². The van der Waals surface area contributed by atoms with Crippen molar-refractivity contribution in [3.8, 4) is 0 Å². The quantitative estimate of drug-likeness (QED) is 0.607. The molecule has 0 bridgehead atoms. The molecule has 0 radical (unpaired) electrons. The van der Waals surface area contributed by atoms with Crippen molar-refractivity contribution in [3.63, 3.8) is 0 Å². The molecule has 0 saturated heterocycles. The van der Waals surface area contributed by atoms with Crippen LogP contribution in [0.15, 0.2) is 11.2 Å². The zero-order chi connectivity index (χ0) is 12.9. The molecule has 1 aromatic rings. The fourth-order valence-corrected chi connectivity index (χ4v) is 3.49. The minimum absolute atomic E-state index is 0.0136. The Labute approximate surface area is 115 Å². The van der Waals surface area contributed by atoms with E-state index in [0.717, 1.165) is 24.6 Å². The first-order valence-electron chi connectivity index (χ1n) is 5.22. The molecule has 0 spiro atoms. The third kappa shape index (κ3) is 4.24. The van der Waals surface area contributed by atoms with Crippen molar-refractivity contribution < 1.29 is 8.42 Å². The van der Waals surface area contributed by atoms with Crippen molar-refractivity contribution >= 4 is 37.6 Å². The van der Waals surface area contributed by atoms with E-state index in [9.17, 15) is 8.42 Å². The topological polar surface area (TPSA) is 64.0 Å². The maximum Gasteiger partial charge on any atom is 0.259 e. The number of rotatable bonds is 7. The minimum Gasteiger partial charge on any atom is -0.255 e. The number of sulfonamides is 1. The number of alkyl halides is 1. The van der Waals surface area contributed by atoms with Gasteiger partial charge < -0.3 is 0 Å². The Hall–Kier alpha value is -0.110. The van der Waals surface area contributed by atoms with Crippen molar-refractivity contribution in [1.82, 2.24) is 14.5 Å². The van der Waals surface area contributed by atoms with Crippen molar-refractivity contribution in [2.45, 2.75) is 24.3 Å².